The van der Waals surface area contributed by atoms with E-state index in [1.165, 1.54) is 11.2 Å². The number of rotatable bonds is 3. The maximum Gasteiger partial charge on any atom is 0.256 e. The number of carbonyl (C=O) groups is 1. The molecule has 5 heteroatoms. The van der Waals surface area contributed by atoms with Crippen molar-refractivity contribution in [2.24, 2.45) is 0 Å². The van der Waals surface area contributed by atoms with E-state index in [9.17, 15) is 10.1 Å². The number of hydrogen-bond acceptors (Lipinski definition) is 3. The van der Waals surface area contributed by atoms with Crippen molar-refractivity contribution in [3.63, 3.8) is 0 Å². The van der Waals surface area contributed by atoms with Crippen molar-refractivity contribution in [3.05, 3.63) is 59.0 Å². The molecule has 0 aliphatic heterocycles. The summed E-state index contributed by atoms with van der Waals surface area (Å²) in [5, 5.41) is 9.55. The van der Waals surface area contributed by atoms with Crippen LogP contribution in [0.2, 0.25) is 5.02 Å². The van der Waals surface area contributed by atoms with Gasteiger partial charge in [-0.05, 0) is 24.3 Å². The molecule has 96 valence electrons. The second-order valence-corrected chi connectivity index (χ2v) is 4.35. The zero-order valence-corrected chi connectivity index (χ0v) is 11.0. The number of hydrogen-bond donors (Lipinski definition) is 0. The van der Waals surface area contributed by atoms with Gasteiger partial charge in [-0.3, -0.25) is 4.79 Å². The fourth-order valence-corrected chi connectivity index (χ4v) is 1.95. The first-order valence-electron chi connectivity index (χ1n) is 5.60. The van der Waals surface area contributed by atoms with Crippen molar-refractivity contribution in [3.8, 4) is 6.07 Å². The zero-order chi connectivity index (χ0) is 13.8. The van der Waals surface area contributed by atoms with Gasteiger partial charge in [0.15, 0.2) is 6.04 Å². The number of amides is 1. The minimum atomic E-state index is -0.779. The lowest BCUT2D eigenvalue weighted by atomic mass is 10.1. The van der Waals surface area contributed by atoms with Crippen LogP contribution in [0, 0.1) is 11.3 Å². The normalized spacial score (nSPS) is 11.6. The van der Waals surface area contributed by atoms with E-state index in [1.54, 1.807) is 43.4 Å². The fraction of sp³-hybridized carbons (Fsp3) is 0.143. The van der Waals surface area contributed by atoms with Gasteiger partial charge in [0.25, 0.3) is 5.91 Å². The topological polar surface area (TPSA) is 57.2 Å². The molecule has 1 unspecified atom stereocenters. The SMILES string of the molecule is CN(C(=O)c1ccccc1Cl)C(C#N)c1ccco1. The molecular weight excluding hydrogens is 264 g/mol. The predicted octanol–water partition coefficient (Wildman–Crippen LogP) is 3.27. The van der Waals surface area contributed by atoms with Gasteiger partial charge in [-0.25, -0.2) is 0 Å². The van der Waals surface area contributed by atoms with Crippen molar-refractivity contribution in [2.75, 3.05) is 7.05 Å². The van der Waals surface area contributed by atoms with E-state index in [4.69, 9.17) is 16.0 Å². The number of carbonyl (C=O) groups excluding carboxylic acids is 1. The third kappa shape index (κ3) is 2.61. The van der Waals surface area contributed by atoms with E-state index in [2.05, 4.69) is 0 Å². The summed E-state index contributed by atoms with van der Waals surface area (Å²) in [7, 11) is 1.54. The molecule has 0 bridgehead atoms. The van der Waals surface area contributed by atoms with Crippen LogP contribution >= 0.6 is 11.6 Å². The Morgan fingerprint density at radius 3 is 2.68 bits per heavy atom. The molecule has 0 spiro atoms. The smallest absolute Gasteiger partial charge is 0.256 e. The molecule has 19 heavy (non-hydrogen) atoms. The Morgan fingerprint density at radius 2 is 2.11 bits per heavy atom. The van der Waals surface area contributed by atoms with E-state index in [0.717, 1.165) is 0 Å². The Hall–Kier alpha value is -2.25. The number of furan rings is 1. The second kappa shape index (κ2) is 5.59. The first kappa shape index (κ1) is 13.2. The Bertz CT molecular complexity index is 617. The standard InChI is InChI=1S/C14H11ClN2O2/c1-17(12(9-16)13-7-4-8-19-13)14(18)10-5-2-3-6-11(10)15/h2-8,12H,1H3. The number of benzene rings is 1. The number of nitrogens with zero attached hydrogens (tertiary/aromatic N) is 2. The maximum absolute atomic E-state index is 12.3. The molecule has 0 fully saturated rings. The minimum absolute atomic E-state index is 0.325. The quantitative estimate of drug-likeness (QED) is 0.863. The van der Waals surface area contributed by atoms with E-state index < -0.39 is 6.04 Å². The van der Waals surface area contributed by atoms with Crippen LogP contribution in [-0.4, -0.2) is 17.9 Å². The third-order valence-corrected chi connectivity index (χ3v) is 3.08. The summed E-state index contributed by atoms with van der Waals surface area (Å²) in [5.41, 5.74) is 0.360. The van der Waals surface area contributed by atoms with Gasteiger partial charge in [0.05, 0.1) is 22.9 Å². The van der Waals surface area contributed by atoms with Gasteiger partial charge in [0.1, 0.15) is 5.76 Å². The summed E-state index contributed by atoms with van der Waals surface area (Å²) in [6, 6.07) is 11.3. The highest BCUT2D eigenvalue weighted by Gasteiger charge is 2.25. The average Bonchev–Trinajstić information content (AvgIpc) is 2.93. The predicted molar refractivity (Wildman–Crippen MR) is 70.6 cm³/mol. The van der Waals surface area contributed by atoms with E-state index >= 15 is 0 Å². The molecular formula is C14H11ClN2O2. The Balaban J connectivity index is 2.29. The van der Waals surface area contributed by atoms with Gasteiger partial charge in [0.2, 0.25) is 0 Å². The first-order valence-corrected chi connectivity index (χ1v) is 5.97. The number of nitriles is 1. The number of halogens is 1. The molecule has 4 nitrogen and oxygen atoms in total. The highest BCUT2D eigenvalue weighted by atomic mass is 35.5. The van der Waals surface area contributed by atoms with E-state index in [1.807, 2.05) is 6.07 Å². The average molecular weight is 275 g/mol. The lowest BCUT2D eigenvalue weighted by Gasteiger charge is -2.21. The summed E-state index contributed by atoms with van der Waals surface area (Å²) in [5.74, 6) is 0.0963. The van der Waals surface area contributed by atoms with Gasteiger partial charge in [-0.1, -0.05) is 23.7 Å². The van der Waals surface area contributed by atoms with Gasteiger partial charge < -0.3 is 9.32 Å². The highest BCUT2D eigenvalue weighted by molar-refractivity contribution is 6.33. The van der Waals surface area contributed by atoms with Gasteiger partial charge in [0, 0.05) is 7.05 Å². The summed E-state index contributed by atoms with van der Waals surface area (Å²) in [4.78, 5) is 13.6. The molecule has 1 amide bonds. The summed E-state index contributed by atoms with van der Waals surface area (Å²) in [6.07, 6.45) is 1.47. The van der Waals surface area contributed by atoms with Crippen molar-refractivity contribution in [2.45, 2.75) is 6.04 Å². The Morgan fingerprint density at radius 1 is 1.37 bits per heavy atom. The van der Waals surface area contributed by atoms with Crippen LogP contribution in [0.1, 0.15) is 22.2 Å². The van der Waals surface area contributed by atoms with Crippen LogP contribution in [-0.2, 0) is 0 Å². The van der Waals surface area contributed by atoms with Gasteiger partial charge >= 0.3 is 0 Å². The van der Waals surface area contributed by atoms with Crippen molar-refractivity contribution >= 4 is 17.5 Å². The van der Waals surface area contributed by atoms with Crippen LogP contribution in [0.3, 0.4) is 0 Å². The van der Waals surface area contributed by atoms with Crippen LogP contribution in [0.4, 0.5) is 0 Å². The molecule has 2 rings (SSSR count). The lowest BCUT2D eigenvalue weighted by molar-refractivity contribution is 0.0750. The molecule has 2 aromatic rings. The van der Waals surface area contributed by atoms with Crippen LogP contribution in [0.25, 0.3) is 0 Å². The second-order valence-electron chi connectivity index (χ2n) is 3.94. The molecule has 0 saturated carbocycles. The molecule has 0 saturated heterocycles. The Kier molecular flexibility index (Phi) is 3.88. The van der Waals surface area contributed by atoms with Gasteiger partial charge in [-0.2, -0.15) is 5.26 Å². The molecule has 0 aliphatic rings. The van der Waals surface area contributed by atoms with Crippen molar-refractivity contribution in [1.29, 1.82) is 5.26 Å². The highest BCUT2D eigenvalue weighted by Crippen LogP contribution is 2.23. The van der Waals surface area contributed by atoms with E-state index in [0.29, 0.717) is 16.3 Å². The minimum Gasteiger partial charge on any atom is -0.466 e. The van der Waals surface area contributed by atoms with E-state index in [-0.39, 0.29) is 5.91 Å². The monoisotopic (exact) mass is 274 g/mol. The van der Waals surface area contributed by atoms with Crippen molar-refractivity contribution < 1.29 is 9.21 Å². The lowest BCUT2D eigenvalue weighted by Crippen LogP contribution is -2.30. The zero-order valence-electron chi connectivity index (χ0n) is 10.2. The Labute approximate surface area is 115 Å². The molecule has 1 atom stereocenters. The summed E-state index contributed by atoms with van der Waals surface area (Å²) < 4.78 is 5.17. The van der Waals surface area contributed by atoms with Crippen molar-refractivity contribution in [1.82, 2.24) is 4.90 Å². The fourth-order valence-electron chi connectivity index (χ4n) is 1.73. The molecule has 0 radical (unpaired) electrons. The molecule has 1 aromatic heterocycles. The summed E-state index contributed by atoms with van der Waals surface area (Å²) in [6.45, 7) is 0. The summed E-state index contributed by atoms with van der Waals surface area (Å²) >= 11 is 5.98. The van der Waals surface area contributed by atoms with Crippen LogP contribution in [0.5, 0.6) is 0 Å². The molecule has 0 aliphatic carbocycles. The third-order valence-electron chi connectivity index (χ3n) is 2.75. The van der Waals surface area contributed by atoms with Crippen LogP contribution in [0.15, 0.2) is 47.1 Å². The van der Waals surface area contributed by atoms with Gasteiger partial charge in [-0.15, -0.1) is 0 Å². The molecule has 1 aromatic carbocycles. The van der Waals surface area contributed by atoms with Crippen LogP contribution < -0.4 is 0 Å². The largest absolute Gasteiger partial charge is 0.466 e. The molecule has 0 N–H and O–H groups in total. The molecule has 1 heterocycles. The maximum atomic E-state index is 12.3. The first-order chi connectivity index (χ1) is 9.15.